The van der Waals surface area contributed by atoms with Crippen molar-refractivity contribution in [1.29, 1.82) is 0 Å². The van der Waals surface area contributed by atoms with Crippen LogP contribution in [0.1, 0.15) is 23.5 Å². The molecule has 0 atom stereocenters. The first-order chi connectivity index (χ1) is 7.77. The number of Topliss-reactive ketones (excluding diaryl/α,β-unsaturated/α-hetero) is 1. The van der Waals surface area contributed by atoms with Gasteiger partial charge in [0.15, 0.2) is 5.78 Å². The molecule has 0 saturated heterocycles. The van der Waals surface area contributed by atoms with Crippen LogP contribution in [0.15, 0.2) is 17.5 Å². The number of hydrogen-bond acceptors (Lipinski definition) is 4. The highest BCUT2D eigenvalue weighted by Crippen LogP contribution is 2.08. The van der Waals surface area contributed by atoms with Crippen LogP contribution in [-0.4, -0.2) is 43.4 Å². The van der Waals surface area contributed by atoms with Crippen LogP contribution in [0.4, 0.5) is 0 Å². The highest BCUT2D eigenvalue weighted by molar-refractivity contribution is 7.12. The Balaban J connectivity index is 2.14. The molecule has 90 valence electrons. The highest BCUT2D eigenvalue weighted by atomic mass is 32.1. The fraction of sp³-hybridized carbons (Fsp3) is 0.583. The van der Waals surface area contributed by atoms with Crippen LogP contribution < -0.4 is 5.32 Å². The third-order valence-corrected chi connectivity index (χ3v) is 3.49. The molecule has 1 aromatic heterocycles. The van der Waals surface area contributed by atoms with E-state index in [1.807, 2.05) is 17.5 Å². The van der Waals surface area contributed by atoms with Crippen LogP contribution in [-0.2, 0) is 0 Å². The van der Waals surface area contributed by atoms with Gasteiger partial charge in [-0.2, -0.15) is 0 Å². The Morgan fingerprint density at radius 2 is 2.19 bits per heavy atom. The predicted octanol–water partition coefficient (Wildman–Crippen LogP) is 1.86. The summed E-state index contributed by atoms with van der Waals surface area (Å²) >= 11 is 1.50. The molecule has 1 N–H and O–H groups in total. The van der Waals surface area contributed by atoms with Crippen molar-refractivity contribution in [1.82, 2.24) is 10.2 Å². The lowest BCUT2D eigenvalue weighted by atomic mass is 10.3. The standard InChI is InChI=1S/C12H20N2OS/c1-3-14(4-2)8-7-13-10-11(15)12-6-5-9-16-12/h5-6,9,13H,3-4,7-8,10H2,1-2H3. The van der Waals surface area contributed by atoms with Crippen LogP contribution in [0.5, 0.6) is 0 Å². The molecule has 0 amide bonds. The molecule has 0 unspecified atom stereocenters. The molecule has 3 nitrogen and oxygen atoms in total. The minimum absolute atomic E-state index is 0.189. The first kappa shape index (κ1) is 13.4. The number of ketones is 1. The number of nitrogens with zero attached hydrogens (tertiary/aromatic N) is 1. The van der Waals surface area contributed by atoms with E-state index in [-0.39, 0.29) is 5.78 Å². The first-order valence-corrected chi connectivity index (χ1v) is 6.65. The van der Waals surface area contributed by atoms with Crippen LogP contribution in [0.3, 0.4) is 0 Å². The molecule has 4 heteroatoms. The Morgan fingerprint density at radius 3 is 2.75 bits per heavy atom. The molecule has 1 aromatic rings. The molecule has 0 saturated carbocycles. The van der Waals surface area contributed by atoms with E-state index in [0.29, 0.717) is 6.54 Å². The van der Waals surface area contributed by atoms with E-state index in [0.717, 1.165) is 31.1 Å². The lowest BCUT2D eigenvalue weighted by Crippen LogP contribution is -2.34. The second-order valence-corrected chi connectivity index (χ2v) is 4.55. The maximum atomic E-state index is 11.6. The molecular weight excluding hydrogens is 220 g/mol. The van der Waals surface area contributed by atoms with Gasteiger partial charge < -0.3 is 10.2 Å². The molecule has 0 radical (unpaired) electrons. The second-order valence-electron chi connectivity index (χ2n) is 3.60. The van der Waals surface area contributed by atoms with Gasteiger partial charge in [0, 0.05) is 13.1 Å². The summed E-state index contributed by atoms with van der Waals surface area (Å²) in [7, 11) is 0. The second kappa shape index (κ2) is 7.54. The predicted molar refractivity (Wildman–Crippen MR) is 69.3 cm³/mol. The largest absolute Gasteiger partial charge is 0.308 e. The summed E-state index contributed by atoms with van der Waals surface area (Å²) in [5.41, 5.74) is 0. The third-order valence-electron chi connectivity index (χ3n) is 2.58. The van der Waals surface area contributed by atoms with Gasteiger partial charge in [-0.15, -0.1) is 11.3 Å². The zero-order valence-corrected chi connectivity index (χ0v) is 10.8. The normalized spacial score (nSPS) is 10.9. The number of carbonyl (C=O) groups excluding carboxylic acids is 1. The van der Waals surface area contributed by atoms with Gasteiger partial charge in [0.25, 0.3) is 0 Å². The molecule has 0 bridgehead atoms. The summed E-state index contributed by atoms with van der Waals surface area (Å²) in [4.78, 5) is 14.8. The number of likely N-dealkylation sites (N-methyl/N-ethyl adjacent to an activating group) is 1. The first-order valence-electron chi connectivity index (χ1n) is 5.77. The molecule has 0 aliphatic rings. The van der Waals surface area contributed by atoms with Gasteiger partial charge in [-0.3, -0.25) is 4.79 Å². The summed E-state index contributed by atoms with van der Waals surface area (Å²) in [6, 6.07) is 3.78. The quantitative estimate of drug-likeness (QED) is 0.556. The number of carbonyl (C=O) groups is 1. The van der Waals surface area contributed by atoms with Crippen LogP contribution >= 0.6 is 11.3 Å². The van der Waals surface area contributed by atoms with Crippen molar-refractivity contribution in [2.24, 2.45) is 0 Å². The lowest BCUT2D eigenvalue weighted by molar-refractivity contribution is 0.0994. The molecule has 0 aliphatic heterocycles. The van der Waals surface area contributed by atoms with E-state index in [4.69, 9.17) is 0 Å². The van der Waals surface area contributed by atoms with Gasteiger partial charge in [0.05, 0.1) is 11.4 Å². The van der Waals surface area contributed by atoms with Crippen molar-refractivity contribution in [2.45, 2.75) is 13.8 Å². The van der Waals surface area contributed by atoms with Gasteiger partial charge in [0.1, 0.15) is 0 Å². The third kappa shape index (κ3) is 4.43. The maximum absolute atomic E-state index is 11.6. The van der Waals surface area contributed by atoms with Gasteiger partial charge in [-0.1, -0.05) is 19.9 Å². The van der Waals surface area contributed by atoms with E-state index in [9.17, 15) is 4.79 Å². The smallest absolute Gasteiger partial charge is 0.186 e. The molecule has 0 aromatic carbocycles. The minimum atomic E-state index is 0.189. The summed E-state index contributed by atoms with van der Waals surface area (Å²) in [6.07, 6.45) is 0. The number of rotatable bonds is 8. The van der Waals surface area contributed by atoms with E-state index in [2.05, 4.69) is 24.1 Å². The number of thiophene rings is 1. The van der Waals surface area contributed by atoms with Crippen molar-refractivity contribution in [3.63, 3.8) is 0 Å². The van der Waals surface area contributed by atoms with E-state index < -0.39 is 0 Å². The number of hydrogen-bond donors (Lipinski definition) is 1. The average molecular weight is 240 g/mol. The van der Waals surface area contributed by atoms with Gasteiger partial charge >= 0.3 is 0 Å². The van der Waals surface area contributed by atoms with Crippen LogP contribution in [0, 0.1) is 0 Å². The van der Waals surface area contributed by atoms with Crippen molar-refractivity contribution in [3.05, 3.63) is 22.4 Å². The van der Waals surface area contributed by atoms with Gasteiger partial charge in [-0.05, 0) is 24.5 Å². The van der Waals surface area contributed by atoms with Crippen molar-refractivity contribution < 1.29 is 4.79 Å². The monoisotopic (exact) mass is 240 g/mol. The van der Waals surface area contributed by atoms with E-state index in [1.165, 1.54) is 11.3 Å². The van der Waals surface area contributed by atoms with E-state index >= 15 is 0 Å². The molecule has 0 fully saturated rings. The Bertz CT molecular complexity index is 294. The fourth-order valence-electron chi connectivity index (χ4n) is 1.50. The molecule has 1 heterocycles. The molecule has 1 rings (SSSR count). The maximum Gasteiger partial charge on any atom is 0.186 e. The van der Waals surface area contributed by atoms with Crippen molar-refractivity contribution in [2.75, 3.05) is 32.7 Å². The van der Waals surface area contributed by atoms with Crippen molar-refractivity contribution >= 4 is 17.1 Å². The minimum Gasteiger partial charge on any atom is -0.308 e. The lowest BCUT2D eigenvalue weighted by Gasteiger charge is -2.17. The molecular formula is C12H20N2OS. The SMILES string of the molecule is CCN(CC)CCNCC(=O)c1cccs1. The molecule has 0 aliphatic carbocycles. The topological polar surface area (TPSA) is 32.3 Å². The van der Waals surface area contributed by atoms with Gasteiger partial charge in [0.2, 0.25) is 0 Å². The molecule has 0 spiro atoms. The Hall–Kier alpha value is -0.710. The summed E-state index contributed by atoms with van der Waals surface area (Å²) in [6.45, 7) is 8.76. The van der Waals surface area contributed by atoms with Gasteiger partial charge in [-0.25, -0.2) is 0 Å². The average Bonchev–Trinajstić information content (AvgIpc) is 2.82. The fourth-order valence-corrected chi connectivity index (χ4v) is 2.17. The number of nitrogens with one attached hydrogen (secondary N) is 1. The Kier molecular flexibility index (Phi) is 6.30. The summed E-state index contributed by atoms with van der Waals surface area (Å²) < 4.78 is 0. The zero-order chi connectivity index (χ0) is 11.8. The highest BCUT2D eigenvalue weighted by Gasteiger charge is 2.05. The Morgan fingerprint density at radius 1 is 1.44 bits per heavy atom. The summed E-state index contributed by atoms with van der Waals surface area (Å²) in [5, 5.41) is 5.12. The van der Waals surface area contributed by atoms with Crippen LogP contribution in [0.2, 0.25) is 0 Å². The summed E-state index contributed by atoms with van der Waals surface area (Å²) in [5.74, 6) is 0.189. The van der Waals surface area contributed by atoms with Crippen LogP contribution in [0.25, 0.3) is 0 Å². The Labute approximate surface area is 101 Å². The molecule has 16 heavy (non-hydrogen) atoms. The zero-order valence-electron chi connectivity index (χ0n) is 10.0. The van der Waals surface area contributed by atoms with Crippen molar-refractivity contribution in [3.8, 4) is 0 Å². The van der Waals surface area contributed by atoms with E-state index in [1.54, 1.807) is 0 Å².